The van der Waals surface area contributed by atoms with Gasteiger partial charge in [-0.15, -0.1) is 0 Å². The zero-order valence-electron chi connectivity index (χ0n) is 8.23. The van der Waals surface area contributed by atoms with E-state index in [1.54, 1.807) is 24.3 Å². The van der Waals surface area contributed by atoms with Crippen molar-refractivity contribution in [1.29, 1.82) is 0 Å². The van der Waals surface area contributed by atoms with Crippen molar-refractivity contribution >= 4 is 63.0 Å². The first kappa shape index (κ1) is 11.6. The lowest BCUT2D eigenvalue weighted by atomic mass is 10.1. The van der Waals surface area contributed by atoms with Gasteiger partial charge >= 0.3 is 0 Å². The maximum atomic E-state index is 12.1. The number of carbonyl (C=O) groups is 1. The first-order valence-corrected chi connectivity index (χ1v) is 6.29. The van der Waals surface area contributed by atoms with Gasteiger partial charge in [0.05, 0.1) is 0 Å². The molecule has 1 aliphatic carbocycles. The number of Topliss-reactive ketones (excluding diaryl/α,β-unsaturated/α-hetero) is 1. The number of hydrogen-bond donors (Lipinski definition) is 0. The Hall–Kier alpha value is -0.470. The molecule has 0 unspecified atom stereocenters. The Morgan fingerprint density at radius 1 is 0.882 bits per heavy atom. The molecule has 1 aliphatic rings. The lowest BCUT2D eigenvalue weighted by molar-refractivity contribution is 0.0980. The van der Waals surface area contributed by atoms with E-state index in [1.807, 2.05) is 0 Å². The van der Waals surface area contributed by atoms with Crippen LogP contribution in [0, 0.1) is 0 Å². The fourth-order valence-corrected chi connectivity index (χ4v) is 3.24. The molecular formula is C12H4Cl4O. The fourth-order valence-electron chi connectivity index (χ4n) is 2.16. The maximum absolute atomic E-state index is 12.1. The molecule has 0 atom stereocenters. The highest BCUT2D eigenvalue weighted by molar-refractivity contribution is 6.62. The number of carbonyl (C=O) groups excluding carboxylic acids is 1. The summed E-state index contributed by atoms with van der Waals surface area (Å²) in [5, 5.41) is 2.24. The van der Waals surface area contributed by atoms with Crippen molar-refractivity contribution in [2.45, 2.75) is 4.33 Å². The van der Waals surface area contributed by atoms with Crippen LogP contribution in [-0.2, 0) is 4.33 Å². The highest BCUT2D eigenvalue weighted by atomic mass is 35.5. The van der Waals surface area contributed by atoms with E-state index in [1.165, 1.54) is 0 Å². The maximum Gasteiger partial charge on any atom is 0.206 e. The SMILES string of the molecule is O=C1c2ccc(Cl)c3c(Cl)ccc(c23)C1(Cl)Cl. The predicted molar refractivity (Wildman–Crippen MR) is 71.7 cm³/mol. The van der Waals surface area contributed by atoms with Gasteiger partial charge in [0.15, 0.2) is 0 Å². The third-order valence-electron chi connectivity index (χ3n) is 2.93. The molecule has 0 aromatic heterocycles. The van der Waals surface area contributed by atoms with E-state index in [4.69, 9.17) is 46.4 Å². The normalized spacial score (nSPS) is 16.8. The first-order chi connectivity index (χ1) is 7.94. The number of ketones is 1. The van der Waals surface area contributed by atoms with Crippen LogP contribution in [0.3, 0.4) is 0 Å². The summed E-state index contributed by atoms with van der Waals surface area (Å²) in [7, 11) is 0. The van der Waals surface area contributed by atoms with E-state index >= 15 is 0 Å². The average Bonchev–Trinajstić information content (AvgIpc) is 2.46. The first-order valence-electron chi connectivity index (χ1n) is 4.78. The molecule has 1 nitrogen and oxygen atoms in total. The van der Waals surface area contributed by atoms with Crippen LogP contribution in [0.5, 0.6) is 0 Å². The molecule has 3 rings (SSSR count). The topological polar surface area (TPSA) is 17.1 Å². The number of alkyl halides is 2. The van der Waals surface area contributed by atoms with Crippen molar-refractivity contribution in [2.75, 3.05) is 0 Å². The minimum absolute atomic E-state index is 0.334. The molecule has 17 heavy (non-hydrogen) atoms. The summed E-state index contributed by atoms with van der Waals surface area (Å²) in [5.41, 5.74) is 1.01. The molecule has 5 heteroatoms. The summed E-state index contributed by atoms with van der Waals surface area (Å²) in [4.78, 5) is 12.1. The summed E-state index contributed by atoms with van der Waals surface area (Å²) in [5.74, 6) is -0.334. The minimum Gasteiger partial charge on any atom is -0.290 e. The van der Waals surface area contributed by atoms with Crippen molar-refractivity contribution in [3.05, 3.63) is 45.4 Å². The van der Waals surface area contributed by atoms with Crippen LogP contribution >= 0.6 is 46.4 Å². The third kappa shape index (κ3) is 1.37. The van der Waals surface area contributed by atoms with Gasteiger partial charge in [-0.05, 0) is 18.2 Å². The van der Waals surface area contributed by atoms with Crippen LogP contribution in [0.15, 0.2) is 24.3 Å². The lowest BCUT2D eigenvalue weighted by Crippen LogP contribution is -2.17. The zero-order chi connectivity index (χ0) is 12.4. The van der Waals surface area contributed by atoms with Crippen LogP contribution < -0.4 is 0 Å². The van der Waals surface area contributed by atoms with Gasteiger partial charge in [0.1, 0.15) is 0 Å². The molecule has 0 aliphatic heterocycles. The standard InChI is InChI=1S/C12H4Cl4O/c13-7-3-1-5-9-6(12(15,16)11(5)17)2-4-8(14)10(7)9/h1-4H. The minimum atomic E-state index is -1.55. The second-order valence-electron chi connectivity index (χ2n) is 3.84. The summed E-state index contributed by atoms with van der Waals surface area (Å²) in [6.07, 6.45) is 0. The predicted octanol–water partition coefficient (Wildman–Crippen LogP) is 4.97. The van der Waals surface area contributed by atoms with Crippen LogP contribution in [-0.4, -0.2) is 5.78 Å². The Labute approximate surface area is 117 Å². The second kappa shape index (κ2) is 3.52. The summed E-state index contributed by atoms with van der Waals surface area (Å²) < 4.78 is -1.55. The van der Waals surface area contributed by atoms with E-state index < -0.39 is 4.33 Å². The monoisotopic (exact) mass is 304 g/mol. The molecule has 0 radical (unpaired) electrons. The number of benzene rings is 2. The van der Waals surface area contributed by atoms with Gasteiger partial charge in [-0.25, -0.2) is 0 Å². The molecule has 0 saturated carbocycles. The Morgan fingerprint density at radius 3 is 2.12 bits per heavy atom. The fraction of sp³-hybridized carbons (Fsp3) is 0.0833. The molecule has 0 fully saturated rings. The van der Waals surface area contributed by atoms with E-state index in [2.05, 4.69) is 0 Å². The van der Waals surface area contributed by atoms with Gasteiger partial charge < -0.3 is 0 Å². The highest BCUT2D eigenvalue weighted by Gasteiger charge is 2.45. The second-order valence-corrected chi connectivity index (χ2v) is 5.99. The largest absolute Gasteiger partial charge is 0.290 e. The summed E-state index contributed by atoms with van der Waals surface area (Å²) in [6.45, 7) is 0. The van der Waals surface area contributed by atoms with Crippen LogP contribution in [0.4, 0.5) is 0 Å². The van der Waals surface area contributed by atoms with Crippen LogP contribution in [0.25, 0.3) is 10.8 Å². The molecule has 0 bridgehead atoms. The zero-order valence-corrected chi connectivity index (χ0v) is 11.3. The molecule has 0 N–H and O–H groups in total. The number of halogens is 4. The van der Waals surface area contributed by atoms with Gasteiger partial charge in [-0.1, -0.05) is 52.5 Å². The van der Waals surface area contributed by atoms with Crippen molar-refractivity contribution in [3.63, 3.8) is 0 Å². The highest BCUT2D eigenvalue weighted by Crippen LogP contribution is 2.50. The van der Waals surface area contributed by atoms with E-state index in [0.29, 0.717) is 31.9 Å². The van der Waals surface area contributed by atoms with E-state index in [0.717, 1.165) is 0 Å². The van der Waals surface area contributed by atoms with Crippen LogP contribution in [0.2, 0.25) is 10.0 Å². The molecule has 0 saturated heterocycles. The van der Waals surface area contributed by atoms with Crippen molar-refractivity contribution < 1.29 is 4.79 Å². The third-order valence-corrected chi connectivity index (χ3v) is 4.31. The summed E-state index contributed by atoms with van der Waals surface area (Å²) >= 11 is 24.4. The Balaban J connectivity index is 2.60. The van der Waals surface area contributed by atoms with E-state index in [9.17, 15) is 4.79 Å². The van der Waals surface area contributed by atoms with E-state index in [-0.39, 0.29) is 5.78 Å². The van der Waals surface area contributed by atoms with Crippen molar-refractivity contribution in [1.82, 2.24) is 0 Å². The van der Waals surface area contributed by atoms with Gasteiger partial charge in [0, 0.05) is 31.9 Å². The van der Waals surface area contributed by atoms with Gasteiger partial charge in [-0.3, -0.25) is 4.79 Å². The van der Waals surface area contributed by atoms with Crippen molar-refractivity contribution in [2.24, 2.45) is 0 Å². The Morgan fingerprint density at radius 2 is 1.47 bits per heavy atom. The summed E-state index contributed by atoms with van der Waals surface area (Å²) in [6, 6.07) is 6.56. The average molecular weight is 306 g/mol. The van der Waals surface area contributed by atoms with Crippen LogP contribution in [0.1, 0.15) is 15.9 Å². The smallest absolute Gasteiger partial charge is 0.206 e. The van der Waals surface area contributed by atoms with Gasteiger partial charge in [-0.2, -0.15) is 0 Å². The molecule has 0 spiro atoms. The Bertz CT molecular complexity index is 668. The molecule has 2 aromatic carbocycles. The van der Waals surface area contributed by atoms with Gasteiger partial charge in [0.25, 0.3) is 0 Å². The van der Waals surface area contributed by atoms with Gasteiger partial charge in [0.2, 0.25) is 10.1 Å². The lowest BCUT2D eigenvalue weighted by Gasteiger charge is -2.11. The molecule has 0 amide bonds. The molecule has 0 heterocycles. The molecule has 2 aromatic rings. The Kier molecular flexibility index (Phi) is 2.40. The molecular weight excluding hydrogens is 302 g/mol. The van der Waals surface area contributed by atoms with Crippen molar-refractivity contribution in [3.8, 4) is 0 Å². The molecule has 86 valence electrons. The quantitative estimate of drug-likeness (QED) is 0.628. The number of hydrogen-bond acceptors (Lipinski definition) is 1. The number of rotatable bonds is 0.